The number of carbonyl (C=O) groups excluding carboxylic acids is 1. The predicted octanol–water partition coefficient (Wildman–Crippen LogP) is 2.65. The number of benzene rings is 1. The number of ether oxygens (including phenoxy) is 3. The SMILES string of the molecule is CCOc1cc(C=Nn2cc(C)nc2N)cc(Cl)c1OC(C)C(=O)OC. The molecular formula is C17H21ClN4O4. The summed E-state index contributed by atoms with van der Waals surface area (Å²) in [5.41, 5.74) is 7.18. The van der Waals surface area contributed by atoms with Crippen molar-refractivity contribution in [3.63, 3.8) is 0 Å². The third-order valence-corrected chi connectivity index (χ3v) is 3.61. The Hall–Kier alpha value is -2.74. The van der Waals surface area contributed by atoms with Crippen molar-refractivity contribution < 1.29 is 19.0 Å². The van der Waals surface area contributed by atoms with E-state index in [1.165, 1.54) is 11.8 Å². The van der Waals surface area contributed by atoms with Gasteiger partial charge in [0.25, 0.3) is 0 Å². The standard InChI is InChI=1S/C17H21ClN4O4/c1-5-25-14-7-12(8-20-22-9-10(2)21-17(22)19)6-13(18)15(14)26-11(3)16(23)24-4/h6-9,11H,5H2,1-4H3,(H2,19,21). The zero-order valence-corrected chi connectivity index (χ0v) is 15.8. The van der Waals surface area contributed by atoms with Gasteiger partial charge in [0, 0.05) is 0 Å². The Morgan fingerprint density at radius 3 is 2.81 bits per heavy atom. The molecule has 0 radical (unpaired) electrons. The van der Waals surface area contributed by atoms with Gasteiger partial charge in [-0.2, -0.15) is 5.10 Å². The van der Waals surface area contributed by atoms with Gasteiger partial charge in [0.15, 0.2) is 17.6 Å². The first kappa shape index (κ1) is 19.6. The summed E-state index contributed by atoms with van der Waals surface area (Å²) in [4.78, 5) is 15.7. The molecule has 1 unspecified atom stereocenters. The highest BCUT2D eigenvalue weighted by molar-refractivity contribution is 6.32. The Morgan fingerprint density at radius 2 is 2.23 bits per heavy atom. The number of esters is 1. The van der Waals surface area contributed by atoms with E-state index in [-0.39, 0.29) is 16.7 Å². The van der Waals surface area contributed by atoms with Crippen molar-refractivity contribution in [3.05, 3.63) is 34.6 Å². The van der Waals surface area contributed by atoms with Crippen LogP contribution >= 0.6 is 11.6 Å². The van der Waals surface area contributed by atoms with Crippen LogP contribution in [0.2, 0.25) is 5.02 Å². The van der Waals surface area contributed by atoms with Gasteiger partial charge in [-0.15, -0.1) is 0 Å². The zero-order valence-electron chi connectivity index (χ0n) is 15.0. The maximum atomic E-state index is 11.6. The molecule has 0 saturated carbocycles. The van der Waals surface area contributed by atoms with Gasteiger partial charge in [-0.25, -0.2) is 14.5 Å². The van der Waals surface area contributed by atoms with E-state index in [4.69, 9.17) is 26.8 Å². The van der Waals surface area contributed by atoms with Crippen LogP contribution in [0.25, 0.3) is 0 Å². The minimum atomic E-state index is -0.829. The number of halogens is 1. The summed E-state index contributed by atoms with van der Waals surface area (Å²) >= 11 is 6.32. The van der Waals surface area contributed by atoms with Crippen LogP contribution in [0.1, 0.15) is 25.1 Å². The van der Waals surface area contributed by atoms with Crippen LogP contribution in [0.15, 0.2) is 23.4 Å². The van der Waals surface area contributed by atoms with E-state index < -0.39 is 12.1 Å². The fourth-order valence-electron chi connectivity index (χ4n) is 2.16. The van der Waals surface area contributed by atoms with Crippen molar-refractivity contribution in [2.24, 2.45) is 5.10 Å². The molecule has 0 saturated heterocycles. The smallest absolute Gasteiger partial charge is 0.346 e. The second-order valence-electron chi connectivity index (χ2n) is 5.38. The highest BCUT2D eigenvalue weighted by Crippen LogP contribution is 2.37. The summed E-state index contributed by atoms with van der Waals surface area (Å²) in [7, 11) is 1.29. The first-order valence-electron chi connectivity index (χ1n) is 7.92. The van der Waals surface area contributed by atoms with E-state index >= 15 is 0 Å². The van der Waals surface area contributed by atoms with Crippen molar-refractivity contribution >= 4 is 29.7 Å². The largest absolute Gasteiger partial charge is 0.490 e. The van der Waals surface area contributed by atoms with Crippen LogP contribution in [0, 0.1) is 6.92 Å². The van der Waals surface area contributed by atoms with E-state index in [2.05, 4.69) is 14.8 Å². The fourth-order valence-corrected chi connectivity index (χ4v) is 2.42. The second kappa shape index (κ2) is 8.57. The molecule has 2 rings (SSSR count). The first-order valence-corrected chi connectivity index (χ1v) is 8.30. The molecule has 1 aromatic heterocycles. The number of nitrogen functional groups attached to an aromatic ring is 1. The molecule has 0 spiro atoms. The van der Waals surface area contributed by atoms with Crippen molar-refractivity contribution in [1.82, 2.24) is 9.66 Å². The number of nitrogens with zero attached hydrogens (tertiary/aromatic N) is 3. The molecule has 0 aliphatic rings. The molecule has 0 aliphatic carbocycles. The van der Waals surface area contributed by atoms with E-state index in [1.54, 1.807) is 31.5 Å². The van der Waals surface area contributed by atoms with E-state index in [0.29, 0.717) is 17.9 Å². The van der Waals surface area contributed by atoms with Crippen LogP contribution < -0.4 is 15.2 Å². The molecule has 26 heavy (non-hydrogen) atoms. The number of nitrogens with two attached hydrogens (primary N) is 1. The van der Waals surface area contributed by atoms with Gasteiger partial charge in [0.2, 0.25) is 5.95 Å². The average molecular weight is 381 g/mol. The topological polar surface area (TPSA) is 101 Å². The number of hydrogen-bond acceptors (Lipinski definition) is 7. The minimum Gasteiger partial charge on any atom is -0.490 e. The van der Waals surface area contributed by atoms with Gasteiger partial charge in [-0.1, -0.05) is 11.6 Å². The highest BCUT2D eigenvalue weighted by Gasteiger charge is 2.20. The van der Waals surface area contributed by atoms with Crippen LogP contribution in [0.3, 0.4) is 0 Å². The molecule has 0 fully saturated rings. The lowest BCUT2D eigenvalue weighted by Crippen LogP contribution is -2.25. The van der Waals surface area contributed by atoms with Gasteiger partial charge in [0.05, 0.1) is 36.8 Å². The molecule has 9 heteroatoms. The number of methoxy groups -OCH3 is 1. The summed E-state index contributed by atoms with van der Waals surface area (Å²) in [6.45, 7) is 5.61. The minimum absolute atomic E-state index is 0.265. The molecule has 1 heterocycles. The summed E-state index contributed by atoms with van der Waals surface area (Å²) in [5, 5.41) is 4.53. The van der Waals surface area contributed by atoms with Crippen LogP contribution in [-0.4, -0.2) is 41.7 Å². The van der Waals surface area contributed by atoms with Crippen molar-refractivity contribution in [2.75, 3.05) is 19.5 Å². The lowest BCUT2D eigenvalue weighted by molar-refractivity contribution is -0.147. The number of aryl methyl sites for hydroxylation is 1. The van der Waals surface area contributed by atoms with Crippen LogP contribution in [0.5, 0.6) is 11.5 Å². The van der Waals surface area contributed by atoms with Crippen molar-refractivity contribution in [3.8, 4) is 11.5 Å². The van der Waals surface area contributed by atoms with Gasteiger partial charge in [-0.05, 0) is 38.5 Å². The van der Waals surface area contributed by atoms with Gasteiger partial charge in [0.1, 0.15) is 0 Å². The lowest BCUT2D eigenvalue weighted by Gasteiger charge is -2.17. The molecule has 0 amide bonds. The predicted molar refractivity (Wildman–Crippen MR) is 99.1 cm³/mol. The van der Waals surface area contributed by atoms with Crippen LogP contribution in [-0.2, 0) is 9.53 Å². The summed E-state index contributed by atoms with van der Waals surface area (Å²) in [6, 6.07) is 3.35. The Bertz CT molecular complexity index is 819. The van der Waals surface area contributed by atoms with Gasteiger partial charge < -0.3 is 19.9 Å². The van der Waals surface area contributed by atoms with Crippen molar-refractivity contribution in [1.29, 1.82) is 0 Å². The molecular weight excluding hydrogens is 360 g/mol. The maximum absolute atomic E-state index is 11.6. The second-order valence-corrected chi connectivity index (χ2v) is 5.78. The molecule has 8 nitrogen and oxygen atoms in total. The Balaban J connectivity index is 2.32. The third kappa shape index (κ3) is 4.66. The number of anilines is 1. The summed E-state index contributed by atoms with van der Waals surface area (Å²) < 4.78 is 17.3. The van der Waals surface area contributed by atoms with Gasteiger partial charge in [-0.3, -0.25) is 0 Å². The first-order chi connectivity index (χ1) is 12.3. The average Bonchev–Trinajstić information content (AvgIpc) is 2.92. The maximum Gasteiger partial charge on any atom is 0.346 e. The van der Waals surface area contributed by atoms with E-state index in [9.17, 15) is 4.79 Å². The molecule has 0 aliphatic heterocycles. The summed E-state index contributed by atoms with van der Waals surface area (Å²) in [5.74, 6) is 0.426. The number of hydrogen-bond donors (Lipinski definition) is 1. The normalized spacial score (nSPS) is 12.2. The molecule has 140 valence electrons. The van der Waals surface area contributed by atoms with Gasteiger partial charge >= 0.3 is 5.97 Å². The number of aromatic nitrogens is 2. The lowest BCUT2D eigenvalue weighted by atomic mass is 10.2. The molecule has 1 aromatic carbocycles. The quantitative estimate of drug-likeness (QED) is 0.585. The molecule has 2 N–H and O–H groups in total. The third-order valence-electron chi connectivity index (χ3n) is 3.33. The van der Waals surface area contributed by atoms with E-state index in [1.807, 2.05) is 13.8 Å². The number of imidazole rings is 1. The summed E-state index contributed by atoms with van der Waals surface area (Å²) in [6.07, 6.45) is 2.44. The monoisotopic (exact) mass is 380 g/mol. The van der Waals surface area contributed by atoms with Crippen LogP contribution in [0.4, 0.5) is 5.95 Å². The molecule has 2 aromatic rings. The van der Waals surface area contributed by atoms with E-state index in [0.717, 1.165) is 5.69 Å². The Labute approximate surface area is 156 Å². The fraction of sp³-hybridized carbons (Fsp3) is 0.353. The molecule has 0 bridgehead atoms. The van der Waals surface area contributed by atoms with Crippen molar-refractivity contribution in [2.45, 2.75) is 26.9 Å². The number of rotatable bonds is 7. The Morgan fingerprint density at radius 1 is 1.50 bits per heavy atom. The zero-order chi connectivity index (χ0) is 19.3. The number of carbonyl (C=O) groups is 1. The highest BCUT2D eigenvalue weighted by atomic mass is 35.5. The molecule has 1 atom stereocenters. The Kier molecular flexibility index (Phi) is 6.46.